The SMILES string of the molecule is COc1cc2cc(CO)c(CO)c(-c3ccnc(N4CC[C@H](O)c5ccccc54)c3)c2cc1OC.O. The van der Waals surface area contributed by atoms with Crippen LogP contribution >= 0.6 is 0 Å². The number of anilines is 2. The van der Waals surface area contributed by atoms with Crippen molar-refractivity contribution in [3.05, 3.63) is 77.5 Å². The number of hydrogen-bond acceptors (Lipinski definition) is 7. The number of nitrogens with zero attached hydrogens (tertiary/aromatic N) is 2. The lowest BCUT2D eigenvalue weighted by Crippen LogP contribution is -2.27. The van der Waals surface area contributed by atoms with Gasteiger partial charge in [0.2, 0.25) is 0 Å². The molecule has 2 heterocycles. The van der Waals surface area contributed by atoms with Crippen molar-refractivity contribution >= 4 is 22.3 Å². The third-order valence-electron chi connectivity index (χ3n) is 6.70. The van der Waals surface area contributed by atoms with E-state index in [1.807, 2.05) is 54.6 Å². The Morgan fingerprint density at radius 2 is 1.72 bits per heavy atom. The third kappa shape index (κ3) is 4.25. The number of aliphatic hydroxyl groups excluding tert-OH is 3. The van der Waals surface area contributed by atoms with Crippen LogP contribution in [0, 0.1) is 0 Å². The molecular formula is C28H30N2O6. The van der Waals surface area contributed by atoms with Crippen molar-refractivity contribution in [3.8, 4) is 22.6 Å². The Bertz CT molecular complexity index is 1390. The fourth-order valence-electron chi connectivity index (χ4n) is 4.98. The van der Waals surface area contributed by atoms with Crippen molar-refractivity contribution in [3.63, 3.8) is 0 Å². The fraction of sp³-hybridized carbons (Fsp3) is 0.250. The number of benzene rings is 3. The van der Waals surface area contributed by atoms with Gasteiger partial charge in [0.25, 0.3) is 0 Å². The fourth-order valence-corrected chi connectivity index (χ4v) is 4.98. The highest BCUT2D eigenvalue weighted by Crippen LogP contribution is 2.42. The number of methoxy groups -OCH3 is 2. The van der Waals surface area contributed by atoms with E-state index in [1.165, 1.54) is 0 Å². The van der Waals surface area contributed by atoms with E-state index < -0.39 is 6.10 Å². The third-order valence-corrected chi connectivity index (χ3v) is 6.70. The Morgan fingerprint density at radius 3 is 2.44 bits per heavy atom. The van der Waals surface area contributed by atoms with Crippen LogP contribution in [-0.2, 0) is 13.2 Å². The molecule has 1 aliphatic heterocycles. The summed E-state index contributed by atoms with van der Waals surface area (Å²) in [5.74, 6) is 1.91. The molecular weight excluding hydrogens is 460 g/mol. The maximum atomic E-state index is 10.5. The molecule has 8 heteroatoms. The Morgan fingerprint density at radius 1 is 0.972 bits per heavy atom. The van der Waals surface area contributed by atoms with Crippen molar-refractivity contribution < 1.29 is 30.3 Å². The largest absolute Gasteiger partial charge is 0.493 e. The van der Waals surface area contributed by atoms with Gasteiger partial charge in [0, 0.05) is 24.0 Å². The van der Waals surface area contributed by atoms with E-state index in [0.29, 0.717) is 35.6 Å². The van der Waals surface area contributed by atoms with Crippen LogP contribution in [0.1, 0.15) is 29.2 Å². The average molecular weight is 491 g/mol. The minimum Gasteiger partial charge on any atom is -0.493 e. The number of para-hydroxylation sites is 1. The zero-order valence-electron chi connectivity index (χ0n) is 20.2. The molecule has 188 valence electrons. The summed E-state index contributed by atoms with van der Waals surface area (Å²) in [6.07, 6.45) is 1.85. The van der Waals surface area contributed by atoms with Crippen molar-refractivity contribution in [2.45, 2.75) is 25.7 Å². The van der Waals surface area contributed by atoms with Crippen molar-refractivity contribution in [2.75, 3.05) is 25.7 Å². The number of hydrogen-bond donors (Lipinski definition) is 3. The standard InChI is InChI=1S/C28H28N2O5.H2O/c1-34-25-12-18-11-19(15-31)22(16-32)28(21(18)14-26(25)35-2)17-7-9-29-27(13-17)30-10-8-24(33)20-5-3-4-6-23(20)30;/h3-7,9,11-14,24,31-33H,8,10,15-16H2,1-2H3;1H2/t24-;/m0./s1. The first-order valence-corrected chi connectivity index (χ1v) is 11.5. The van der Waals surface area contributed by atoms with Gasteiger partial charge >= 0.3 is 0 Å². The first-order valence-electron chi connectivity index (χ1n) is 11.5. The van der Waals surface area contributed by atoms with Gasteiger partial charge in [-0.3, -0.25) is 0 Å². The van der Waals surface area contributed by atoms with Crippen LogP contribution in [-0.4, -0.2) is 46.5 Å². The number of aromatic nitrogens is 1. The van der Waals surface area contributed by atoms with Gasteiger partial charge in [-0.1, -0.05) is 18.2 Å². The molecule has 0 saturated heterocycles. The first kappa shape index (κ1) is 25.4. The molecule has 0 spiro atoms. The zero-order chi connectivity index (χ0) is 24.5. The van der Waals surface area contributed by atoms with Gasteiger partial charge in [0.1, 0.15) is 5.82 Å². The van der Waals surface area contributed by atoms with Gasteiger partial charge in [0.15, 0.2) is 11.5 Å². The number of aliphatic hydroxyl groups is 3. The van der Waals surface area contributed by atoms with Crippen LogP contribution in [0.4, 0.5) is 11.5 Å². The lowest BCUT2D eigenvalue weighted by Gasteiger charge is -2.33. The highest BCUT2D eigenvalue weighted by Gasteiger charge is 2.25. The molecule has 1 aliphatic rings. The van der Waals surface area contributed by atoms with E-state index in [4.69, 9.17) is 9.47 Å². The van der Waals surface area contributed by atoms with Crippen LogP contribution in [0.2, 0.25) is 0 Å². The monoisotopic (exact) mass is 490 g/mol. The molecule has 0 aliphatic carbocycles. The number of ether oxygens (including phenoxy) is 2. The summed E-state index contributed by atoms with van der Waals surface area (Å²) in [5.41, 5.74) is 4.77. The molecule has 0 fully saturated rings. The minimum absolute atomic E-state index is 0. The molecule has 0 unspecified atom stereocenters. The molecule has 1 atom stereocenters. The molecule has 1 aromatic heterocycles. The molecule has 3 aromatic carbocycles. The lowest BCUT2D eigenvalue weighted by atomic mass is 9.90. The zero-order valence-corrected chi connectivity index (χ0v) is 20.2. The highest BCUT2D eigenvalue weighted by atomic mass is 16.5. The van der Waals surface area contributed by atoms with Gasteiger partial charge in [-0.15, -0.1) is 0 Å². The van der Waals surface area contributed by atoms with Crippen LogP contribution in [0.5, 0.6) is 11.5 Å². The van der Waals surface area contributed by atoms with E-state index in [1.54, 1.807) is 20.4 Å². The minimum atomic E-state index is -0.501. The summed E-state index contributed by atoms with van der Waals surface area (Å²) in [4.78, 5) is 6.74. The maximum absolute atomic E-state index is 10.5. The summed E-state index contributed by atoms with van der Waals surface area (Å²) in [6, 6.07) is 17.4. The molecule has 36 heavy (non-hydrogen) atoms. The molecule has 0 amide bonds. The van der Waals surface area contributed by atoms with Crippen LogP contribution in [0.25, 0.3) is 21.9 Å². The first-order chi connectivity index (χ1) is 17.1. The molecule has 0 bridgehead atoms. The predicted molar refractivity (Wildman–Crippen MR) is 139 cm³/mol. The summed E-state index contributed by atoms with van der Waals surface area (Å²) in [6.45, 7) is 0.193. The van der Waals surface area contributed by atoms with E-state index in [9.17, 15) is 15.3 Å². The molecule has 8 nitrogen and oxygen atoms in total. The number of rotatable bonds is 6. The van der Waals surface area contributed by atoms with Gasteiger partial charge < -0.3 is 35.2 Å². The van der Waals surface area contributed by atoms with Crippen molar-refractivity contribution in [1.82, 2.24) is 4.98 Å². The normalized spacial score (nSPS) is 14.8. The quantitative estimate of drug-likeness (QED) is 0.376. The highest BCUT2D eigenvalue weighted by molar-refractivity contribution is 6.01. The summed E-state index contributed by atoms with van der Waals surface area (Å²) < 4.78 is 11.0. The number of fused-ring (bicyclic) bond motifs is 2. The van der Waals surface area contributed by atoms with Gasteiger partial charge in [-0.05, 0) is 75.8 Å². The molecule has 4 aromatic rings. The van der Waals surface area contributed by atoms with Crippen LogP contribution in [0.3, 0.4) is 0 Å². The second-order valence-corrected chi connectivity index (χ2v) is 8.55. The average Bonchev–Trinajstić information content (AvgIpc) is 2.91. The van der Waals surface area contributed by atoms with Gasteiger partial charge in [-0.25, -0.2) is 4.98 Å². The topological polar surface area (TPSA) is 127 Å². The second kappa shape index (κ2) is 10.5. The van der Waals surface area contributed by atoms with Crippen LogP contribution < -0.4 is 14.4 Å². The lowest BCUT2D eigenvalue weighted by molar-refractivity contribution is 0.165. The van der Waals surface area contributed by atoms with Crippen molar-refractivity contribution in [2.24, 2.45) is 0 Å². The van der Waals surface area contributed by atoms with Gasteiger partial charge in [-0.2, -0.15) is 0 Å². The van der Waals surface area contributed by atoms with E-state index in [-0.39, 0.29) is 18.7 Å². The van der Waals surface area contributed by atoms with Gasteiger partial charge in [0.05, 0.1) is 33.5 Å². The summed E-state index contributed by atoms with van der Waals surface area (Å²) in [7, 11) is 3.17. The molecule has 5 N–H and O–H groups in total. The maximum Gasteiger partial charge on any atom is 0.161 e. The Kier molecular flexibility index (Phi) is 7.42. The predicted octanol–water partition coefficient (Wildman–Crippen LogP) is 3.65. The van der Waals surface area contributed by atoms with Crippen molar-refractivity contribution in [1.29, 1.82) is 0 Å². The molecule has 0 radical (unpaired) electrons. The van der Waals surface area contributed by atoms with E-state index >= 15 is 0 Å². The summed E-state index contributed by atoms with van der Waals surface area (Å²) >= 11 is 0. The number of pyridine rings is 1. The Labute approximate surface area is 209 Å². The van der Waals surface area contributed by atoms with E-state index in [0.717, 1.165) is 39.0 Å². The second-order valence-electron chi connectivity index (χ2n) is 8.55. The van der Waals surface area contributed by atoms with Crippen LogP contribution in [0.15, 0.2) is 60.8 Å². The Balaban J connectivity index is 0.00000304. The molecule has 5 rings (SSSR count). The Hall–Kier alpha value is -3.69. The smallest absolute Gasteiger partial charge is 0.161 e. The van der Waals surface area contributed by atoms with E-state index in [2.05, 4.69) is 9.88 Å². The summed E-state index contributed by atoms with van der Waals surface area (Å²) in [5, 5.41) is 32.6. The molecule has 0 saturated carbocycles.